The van der Waals surface area contributed by atoms with Gasteiger partial charge in [-0.15, -0.1) is 0 Å². The molecule has 1 rings (SSSR count). The highest BCUT2D eigenvalue weighted by atomic mass is 32.2. The van der Waals surface area contributed by atoms with E-state index >= 15 is 0 Å². The third-order valence-corrected chi connectivity index (χ3v) is 2.81. The van der Waals surface area contributed by atoms with Crippen molar-refractivity contribution < 1.29 is 9.90 Å². The Kier molecular flexibility index (Phi) is 5.96. The maximum Gasteiger partial charge on any atom is 0.221 e. The van der Waals surface area contributed by atoms with E-state index in [2.05, 4.69) is 5.32 Å². The lowest BCUT2D eigenvalue weighted by Gasteiger charge is -2.06. The van der Waals surface area contributed by atoms with Gasteiger partial charge in [-0.1, -0.05) is 24.3 Å². The third kappa shape index (κ3) is 4.68. The van der Waals surface area contributed by atoms with Gasteiger partial charge in [0.2, 0.25) is 5.91 Å². The monoisotopic (exact) mass is 239 g/mol. The predicted octanol–water partition coefficient (Wildman–Crippen LogP) is 1.55. The number of amides is 1. The third-order valence-electron chi connectivity index (χ3n) is 2.20. The fourth-order valence-corrected chi connectivity index (χ4v) is 1.71. The van der Waals surface area contributed by atoms with Gasteiger partial charge in [-0.05, 0) is 17.4 Å². The van der Waals surface area contributed by atoms with Crippen LogP contribution in [0.4, 0.5) is 0 Å². The van der Waals surface area contributed by atoms with Crippen molar-refractivity contribution in [3.8, 4) is 0 Å². The number of rotatable bonds is 6. The van der Waals surface area contributed by atoms with E-state index in [1.54, 1.807) is 11.8 Å². The highest BCUT2D eigenvalue weighted by Crippen LogP contribution is 2.05. The summed E-state index contributed by atoms with van der Waals surface area (Å²) < 4.78 is 0. The fraction of sp³-hybridized carbons (Fsp3) is 0.417. The van der Waals surface area contributed by atoms with E-state index in [1.807, 2.05) is 30.5 Å². The molecule has 16 heavy (non-hydrogen) atoms. The second-order valence-corrected chi connectivity index (χ2v) is 4.48. The van der Waals surface area contributed by atoms with Crippen molar-refractivity contribution in [1.82, 2.24) is 5.32 Å². The lowest BCUT2D eigenvalue weighted by molar-refractivity contribution is -0.120. The molecule has 0 radical (unpaired) electrons. The van der Waals surface area contributed by atoms with Crippen LogP contribution >= 0.6 is 11.8 Å². The van der Waals surface area contributed by atoms with Crippen molar-refractivity contribution in [1.29, 1.82) is 0 Å². The fourth-order valence-electron chi connectivity index (χ4n) is 1.32. The topological polar surface area (TPSA) is 49.3 Å². The molecule has 0 bridgehead atoms. The second kappa shape index (κ2) is 7.30. The molecular weight excluding hydrogens is 222 g/mol. The highest BCUT2D eigenvalue weighted by molar-refractivity contribution is 7.98. The van der Waals surface area contributed by atoms with Crippen molar-refractivity contribution >= 4 is 17.7 Å². The standard InChI is InChI=1S/C12H17NO2S/c1-16-6-5-12(15)13-8-10-3-2-4-11(7-10)9-14/h2-4,7,14H,5-6,8-9H2,1H3,(H,13,15). The summed E-state index contributed by atoms with van der Waals surface area (Å²) in [6, 6.07) is 7.58. The summed E-state index contributed by atoms with van der Waals surface area (Å²) >= 11 is 1.66. The summed E-state index contributed by atoms with van der Waals surface area (Å²) in [5, 5.41) is 11.8. The van der Waals surface area contributed by atoms with Crippen molar-refractivity contribution in [3.63, 3.8) is 0 Å². The zero-order valence-corrected chi connectivity index (χ0v) is 10.2. The minimum atomic E-state index is 0.0360. The van der Waals surface area contributed by atoms with Crippen LogP contribution in [0.25, 0.3) is 0 Å². The molecule has 0 saturated heterocycles. The number of thioether (sulfide) groups is 1. The van der Waals surface area contributed by atoms with Crippen LogP contribution in [0.3, 0.4) is 0 Å². The Labute approximate surface area is 100 Å². The first kappa shape index (κ1) is 13.1. The number of aliphatic hydroxyl groups is 1. The van der Waals surface area contributed by atoms with Crippen molar-refractivity contribution in [2.24, 2.45) is 0 Å². The summed E-state index contributed by atoms with van der Waals surface area (Å²) in [6.45, 7) is 0.565. The van der Waals surface area contributed by atoms with Gasteiger partial charge in [0.1, 0.15) is 0 Å². The Hall–Kier alpha value is -1.00. The number of nitrogens with one attached hydrogen (secondary N) is 1. The first-order valence-corrected chi connectivity index (χ1v) is 6.60. The van der Waals surface area contributed by atoms with Gasteiger partial charge in [0.25, 0.3) is 0 Å². The van der Waals surface area contributed by atoms with E-state index in [0.29, 0.717) is 13.0 Å². The van der Waals surface area contributed by atoms with Crippen molar-refractivity contribution in [3.05, 3.63) is 35.4 Å². The van der Waals surface area contributed by atoms with E-state index in [1.165, 1.54) is 0 Å². The minimum absolute atomic E-state index is 0.0360. The van der Waals surface area contributed by atoms with Crippen LogP contribution in [-0.2, 0) is 17.9 Å². The van der Waals surface area contributed by atoms with Crippen LogP contribution in [0.15, 0.2) is 24.3 Å². The second-order valence-electron chi connectivity index (χ2n) is 3.50. The van der Waals surface area contributed by atoms with E-state index in [0.717, 1.165) is 16.9 Å². The van der Waals surface area contributed by atoms with E-state index in [9.17, 15) is 4.79 Å². The Bertz CT molecular complexity index is 342. The molecule has 1 aromatic rings. The normalized spacial score (nSPS) is 10.1. The molecule has 0 aliphatic heterocycles. The number of hydrogen-bond donors (Lipinski definition) is 2. The maximum atomic E-state index is 11.4. The molecule has 0 heterocycles. The van der Waals surface area contributed by atoms with E-state index < -0.39 is 0 Å². The predicted molar refractivity (Wildman–Crippen MR) is 67.2 cm³/mol. The van der Waals surface area contributed by atoms with Crippen LogP contribution in [0, 0.1) is 0 Å². The van der Waals surface area contributed by atoms with Crippen LogP contribution in [0.2, 0.25) is 0 Å². The molecule has 0 aliphatic carbocycles. The smallest absolute Gasteiger partial charge is 0.221 e. The zero-order valence-electron chi connectivity index (χ0n) is 9.40. The zero-order chi connectivity index (χ0) is 11.8. The van der Waals surface area contributed by atoms with E-state index in [4.69, 9.17) is 5.11 Å². The Morgan fingerprint density at radius 3 is 2.88 bits per heavy atom. The molecule has 3 nitrogen and oxygen atoms in total. The molecule has 1 aromatic carbocycles. The van der Waals surface area contributed by atoms with Gasteiger partial charge in [-0.3, -0.25) is 4.79 Å². The molecule has 4 heteroatoms. The first-order valence-electron chi connectivity index (χ1n) is 5.20. The number of aliphatic hydroxyl groups excluding tert-OH is 1. The summed E-state index contributed by atoms with van der Waals surface area (Å²) in [6.07, 6.45) is 2.54. The SMILES string of the molecule is CSCCC(=O)NCc1cccc(CO)c1. The molecule has 0 aromatic heterocycles. The molecule has 0 saturated carbocycles. The lowest BCUT2D eigenvalue weighted by Crippen LogP contribution is -2.23. The Morgan fingerprint density at radius 2 is 2.19 bits per heavy atom. The van der Waals surface area contributed by atoms with Crippen molar-refractivity contribution in [2.75, 3.05) is 12.0 Å². The lowest BCUT2D eigenvalue weighted by atomic mass is 10.1. The van der Waals surface area contributed by atoms with Gasteiger partial charge in [0.15, 0.2) is 0 Å². The van der Waals surface area contributed by atoms with Crippen LogP contribution in [0.1, 0.15) is 17.5 Å². The summed E-state index contributed by atoms with van der Waals surface area (Å²) in [5.41, 5.74) is 1.89. The number of hydrogen-bond acceptors (Lipinski definition) is 3. The van der Waals surface area contributed by atoms with Crippen molar-refractivity contribution in [2.45, 2.75) is 19.6 Å². The molecule has 88 valence electrons. The number of benzene rings is 1. The van der Waals surface area contributed by atoms with Crippen LogP contribution in [0.5, 0.6) is 0 Å². The van der Waals surface area contributed by atoms with Crippen LogP contribution < -0.4 is 5.32 Å². The quantitative estimate of drug-likeness (QED) is 0.792. The molecular formula is C12H17NO2S. The van der Waals surface area contributed by atoms with E-state index in [-0.39, 0.29) is 12.5 Å². The first-order chi connectivity index (χ1) is 7.76. The van der Waals surface area contributed by atoms with Gasteiger partial charge in [0.05, 0.1) is 6.61 Å². The van der Waals surface area contributed by atoms with Gasteiger partial charge in [0, 0.05) is 18.7 Å². The largest absolute Gasteiger partial charge is 0.392 e. The minimum Gasteiger partial charge on any atom is -0.392 e. The number of carbonyl (C=O) groups excluding carboxylic acids is 1. The molecule has 0 fully saturated rings. The molecule has 0 atom stereocenters. The van der Waals surface area contributed by atoms with Gasteiger partial charge >= 0.3 is 0 Å². The molecule has 0 aliphatic rings. The van der Waals surface area contributed by atoms with Gasteiger partial charge in [-0.25, -0.2) is 0 Å². The summed E-state index contributed by atoms with van der Waals surface area (Å²) in [5.74, 6) is 0.923. The summed E-state index contributed by atoms with van der Waals surface area (Å²) in [4.78, 5) is 11.4. The molecule has 1 amide bonds. The maximum absolute atomic E-state index is 11.4. The average molecular weight is 239 g/mol. The molecule has 0 unspecified atom stereocenters. The Morgan fingerprint density at radius 1 is 1.44 bits per heavy atom. The molecule has 2 N–H and O–H groups in total. The van der Waals surface area contributed by atoms with Gasteiger partial charge in [-0.2, -0.15) is 11.8 Å². The average Bonchev–Trinajstić information content (AvgIpc) is 2.34. The molecule has 0 spiro atoms. The van der Waals surface area contributed by atoms with Gasteiger partial charge < -0.3 is 10.4 Å². The van der Waals surface area contributed by atoms with Crippen LogP contribution in [-0.4, -0.2) is 23.0 Å². The highest BCUT2D eigenvalue weighted by Gasteiger charge is 2.00. The summed E-state index contributed by atoms with van der Waals surface area (Å²) in [7, 11) is 0. The Balaban J connectivity index is 2.38. The number of carbonyl (C=O) groups is 1.